The first-order chi connectivity index (χ1) is 13.9. The van der Waals surface area contributed by atoms with Gasteiger partial charge in [0.05, 0.1) is 0 Å². The molecule has 1 heterocycles. The molecule has 1 aliphatic heterocycles. The van der Waals surface area contributed by atoms with E-state index in [9.17, 15) is 18.0 Å². The highest BCUT2D eigenvalue weighted by atomic mass is 19.4. The van der Waals surface area contributed by atoms with Crippen LogP contribution in [0.5, 0.6) is 0 Å². The molecule has 1 amide bonds. The summed E-state index contributed by atoms with van der Waals surface area (Å²) in [5, 5.41) is 5.70. The molecule has 1 aliphatic rings. The van der Waals surface area contributed by atoms with Crippen LogP contribution in [0.4, 0.5) is 18.9 Å². The largest absolute Gasteiger partial charge is 0.404 e. The highest BCUT2D eigenvalue weighted by Crippen LogP contribution is 2.46. The van der Waals surface area contributed by atoms with Gasteiger partial charge >= 0.3 is 6.18 Å². The van der Waals surface area contributed by atoms with Gasteiger partial charge in [-0.25, -0.2) is 0 Å². The highest BCUT2D eigenvalue weighted by Gasteiger charge is 2.62. The van der Waals surface area contributed by atoms with E-state index in [0.29, 0.717) is 19.5 Å². The Morgan fingerprint density at radius 3 is 2.31 bits per heavy atom. The molecule has 156 valence electrons. The maximum Gasteiger partial charge on any atom is 0.404 e. The Morgan fingerprint density at radius 2 is 1.66 bits per heavy atom. The Labute approximate surface area is 169 Å². The number of hydrogen-bond acceptors (Lipinski definition) is 3. The number of para-hydroxylation sites is 1. The van der Waals surface area contributed by atoms with Gasteiger partial charge in [-0.1, -0.05) is 48.5 Å². The molecule has 2 N–H and O–H groups in total. The summed E-state index contributed by atoms with van der Waals surface area (Å²) >= 11 is 0. The van der Waals surface area contributed by atoms with Crippen LogP contribution in [0.25, 0.3) is 0 Å². The number of hydrogen-bond donors (Lipinski definition) is 2. The van der Waals surface area contributed by atoms with Gasteiger partial charge < -0.3 is 10.6 Å². The van der Waals surface area contributed by atoms with Crippen molar-refractivity contribution in [2.45, 2.75) is 25.6 Å². The molecule has 1 saturated heterocycles. The molecular formula is C22H26F3N3O. The summed E-state index contributed by atoms with van der Waals surface area (Å²) < 4.78 is 41.6. The van der Waals surface area contributed by atoms with Crippen molar-refractivity contribution in [3.63, 3.8) is 0 Å². The van der Waals surface area contributed by atoms with E-state index < -0.39 is 17.5 Å². The van der Waals surface area contributed by atoms with Crippen LogP contribution in [0.15, 0.2) is 60.7 Å². The van der Waals surface area contributed by atoms with E-state index in [0.717, 1.165) is 11.3 Å². The number of alkyl halides is 3. The quantitative estimate of drug-likeness (QED) is 0.651. The average Bonchev–Trinajstić information content (AvgIpc) is 3.14. The minimum Gasteiger partial charge on any atom is -0.385 e. The Morgan fingerprint density at radius 1 is 1.00 bits per heavy atom. The maximum atomic E-state index is 13.9. The number of carbonyl (C=O) groups excluding carboxylic acids is 1. The van der Waals surface area contributed by atoms with Crippen molar-refractivity contribution in [3.05, 3.63) is 66.2 Å². The number of anilines is 1. The van der Waals surface area contributed by atoms with Crippen molar-refractivity contribution in [1.29, 1.82) is 0 Å². The monoisotopic (exact) mass is 405 g/mol. The van der Waals surface area contributed by atoms with E-state index in [1.54, 1.807) is 4.90 Å². The lowest BCUT2D eigenvalue weighted by molar-refractivity contribution is -0.218. The molecule has 0 aliphatic carbocycles. The van der Waals surface area contributed by atoms with Crippen LogP contribution < -0.4 is 10.6 Å². The number of likely N-dealkylation sites (tertiary alicyclic amines) is 1. The summed E-state index contributed by atoms with van der Waals surface area (Å²) in [6.45, 7) is 1.13. The van der Waals surface area contributed by atoms with Gasteiger partial charge in [-0.05, 0) is 37.1 Å². The third-order valence-corrected chi connectivity index (χ3v) is 5.32. The number of carbonyl (C=O) groups is 1. The van der Waals surface area contributed by atoms with Crippen molar-refractivity contribution in [1.82, 2.24) is 10.2 Å². The Hall–Kier alpha value is -2.54. The van der Waals surface area contributed by atoms with Crippen molar-refractivity contribution in [2.75, 3.05) is 31.5 Å². The molecule has 4 nitrogen and oxygen atoms in total. The van der Waals surface area contributed by atoms with E-state index >= 15 is 0 Å². The molecule has 1 atom stereocenters. The van der Waals surface area contributed by atoms with Crippen LogP contribution in [0.2, 0.25) is 0 Å². The van der Waals surface area contributed by atoms with E-state index in [1.807, 2.05) is 60.7 Å². The molecule has 0 radical (unpaired) electrons. The van der Waals surface area contributed by atoms with Crippen molar-refractivity contribution in [2.24, 2.45) is 5.41 Å². The third-order valence-electron chi connectivity index (χ3n) is 5.32. The van der Waals surface area contributed by atoms with Crippen LogP contribution in [0.1, 0.15) is 18.4 Å². The van der Waals surface area contributed by atoms with E-state index in [2.05, 4.69) is 10.6 Å². The van der Waals surface area contributed by atoms with Crippen molar-refractivity contribution < 1.29 is 18.0 Å². The zero-order chi connectivity index (χ0) is 20.7. The minimum absolute atomic E-state index is 0.204. The van der Waals surface area contributed by atoms with Gasteiger partial charge in [0.1, 0.15) is 0 Å². The molecule has 2 aromatic carbocycles. The first kappa shape index (κ1) is 21.2. The SMILES string of the molecule is O=C(NCCCNc1ccccc1)C1(C(F)(F)F)CCN(Cc2ccccc2)C1. The van der Waals surface area contributed by atoms with E-state index in [1.165, 1.54) is 0 Å². The molecule has 0 aromatic heterocycles. The second kappa shape index (κ2) is 9.31. The number of benzene rings is 2. The lowest BCUT2D eigenvalue weighted by atomic mass is 9.85. The molecule has 2 aromatic rings. The maximum absolute atomic E-state index is 13.9. The van der Waals surface area contributed by atoms with Crippen LogP contribution >= 0.6 is 0 Å². The second-order valence-corrected chi connectivity index (χ2v) is 7.43. The third kappa shape index (κ3) is 5.29. The molecular weight excluding hydrogens is 379 g/mol. The van der Waals surface area contributed by atoms with Gasteiger partial charge in [0.2, 0.25) is 5.91 Å². The lowest BCUT2D eigenvalue weighted by Gasteiger charge is -2.30. The fourth-order valence-electron chi connectivity index (χ4n) is 3.66. The number of rotatable bonds is 8. The summed E-state index contributed by atoms with van der Waals surface area (Å²) in [7, 11) is 0. The lowest BCUT2D eigenvalue weighted by Crippen LogP contribution is -2.52. The number of nitrogens with one attached hydrogen (secondary N) is 2. The highest BCUT2D eigenvalue weighted by molar-refractivity contribution is 5.84. The topological polar surface area (TPSA) is 44.4 Å². The van der Waals surface area contributed by atoms with Gasteiger partial charge in [0, 0.05) is 31.9 Å². The summed E-state index contributed by atoms with van der Waals surface area (Å²) in [6.07, 6.45) is -4.25. The van der Waals surface area contributed by atoms with Crippen LogP contribution in [0.3, 0.4) is 0 Å². The van der Waals surface area contributed by atoms with E-state index in [-0.39, 0.29) is 26.1 Å². The minimum atomic E-state index is -4.58. The van der Waals surface area contributed by atoms with Crippen molar-refractivity contribution >= 4 is 11.6 Å². The summed E-state index contributed by atoms with van der Waals surface area (Å²) in [6, 6.07) is 18.9. The molecule has 29 heavy (non-hydrogen) atoms. The van der Waals surface area contributed by atoms with Gasteiger partial charge in [0.15, 0.2) is 5.41 Å². The summed E-state index contributed by atoms with van der Waals surface area (Å²) in [5.74, 6) is -0.916. The fourth-order valence-corrected chi connectivity index (χ4v) is 3.66. The zero-order valence-electron chi connectivity index (χ0n) is 16.2. The Balaban J connectivity index is 1.52. The summed E-state index contributed by atoms with van der Waals surface area (Å²) in [4.78, 5) is 14.3. The first-order valence-electron chi connectivity index (χ1n) is 9.81. The van der Waals surface area contributed by atoms with Crippen LogP contribution in [-0.4, -0.2) is 43.2 Å². The number of amides is 1. The predicted molar refractivity (Wildman–Crippen MR) is 107 cm³/mol. The normalized spacial score (nSPS) is 19.8. The molecule has 7 heteroatoms. The number of nitrogens with zero attached hydrogens (tertiary/aromatic N) is 1. The van der Waals surface area contributed by atoms with Crippen molar-refractivity contribution in [3.8, 4) is 0 Å². The average molecular weight is 405 g/mol. The predicted octanol–water partition coefficient (Wildman–Crippen LogP) is 4.06. The molecule has 1 unspecified atom stereocenters. The molecule has 0 spiro atoms. The summed E-state index contributed by atoms with van der Waals surface area (Å²) in [5.41, 5.74) is -0.454. The zero-order valence-corrected chi connectivity index (χ0v) is 16.2. The molecule has 1 fully saturated rings. The van der Waals surface area contributed by atoms with Gasteiger partial charge in [-0.3, -0.25) is 9.69 Å². The second-order valence-electron chi connectivity index (χ2n) is 7.43. The molecule has 0 bridgehead atoms. The molecule has 0 saturated carbocycles. The van der Waals surface area contributed by atoms with Gasteiger partial charge in [0.25, 0.3) is 0 Å². The first-order valence-corrected chi connectivity index (χ1v) is 9.81. The smallest absolute Gasteiger partial charge is 0.385 e. The van der Waals surface area contributed by atoms with Crippen LogP contribution in [-0.2, 0) is 11.3 Å². The standard InChI is InChI=1S/C22H26F3N3O/c23-22(24,25)21(12-15-28(17-21)16-18-8-3-1-4-9-18)20(29)27-14-7-13-26-19-10-5-2-6-11-19/h1-6,8-11,26H,7,12-17H2,(H,27,29). The van der Waals surface area contributed by atoms with E-state index in [4.69, 9.17) is 0 Å². The Kier molecular flexibility index (Phi) is 6.79. The van der Waals surface area contributed by atoms with Gasteiger partial charge in [-0.15, -0.1) is 0 Å². The Bertz CT molecular complexity index is 783. The number of halogens is 3. The van der Waals surface area contributed by atoms with Gasteiger partial charge in [-0.2, -0.15) is 13.2 Å². The van der Waals surface area contributed by atoms with Crippen LogP contribution in [0, 0.1) is 5.41 Å². The fraction of sp³-hybridized carbons (Fsp3) is 0.409. The molecule has 3 rings (SSSR count).